The average molecular weight is 340 g/mol. The monoisotopic (exact) mass is 340 g/mol. The van der Waals surface area contributed by atoms with Gasteiger partial charge in [-0.3, -0.25) is 4.79 Å². The van der Waals surface area contributed by atoms with Gasteiger partial charge in [-0.05, 0) is 18.6 Å². The fraction of sp³-hybridized carbons (Fsp3) is 0.778. The normalized spacial score (nSPS) is 23.9. The molecule has 0 spiro atoms. The van der Waals surface area contributed by atoms with Crippen LogP contribution in [0.25, 0.3) is 0 Å². The zero-order valence-corrected chi connectivity index (χ0v) is 15.0. The fourth-order valence-electron chi connectivity index (χ4n) is 3.48. The molecule has 0 aromatic carbocycles. The predicted octanol–water partition coefficient (Wildman–Crippen LogP) is 4.19. The van der Waals surface area contributed by atoms with Crippen LogP contribution in [0.3, 0.4) is 0 Å². The van der Waals surface area contributed by atoms with Crippen molar-refractivity contribution in [2.24, 2.45) is 5.92 Å². The number of carbonyl (C=O) groups excluding carboxylic acids is 2. The molecule has 2 unspecified atom stereocenters. The molecule has 2 atom stereocenters. The predicted molar refractivity (Wildman–Crippen MR) is 92.6 cm³/mol. The first kappa shape index (κ1) is 18.4. The summed E-state index contributed by atoms with van der Waals surface area (Å²) in [4.78, 5) is 24.2. The van der Waals surface area contributed by atoms with E-state index in [4.69, 9.17) is 4.74 Å². The number of ether oxygens (including phenoxy) is 1. The molecule has 1 saturated carbocycles. The number of aliphatic hydroxyl groups excluding tert-OH is 1. The van der Waals surface area contributed by atoms with Crippen LogP contribution in [0.2, 0.25) is 0 Å². The van der Waals surface area contributed by atoms with Gasteiger partial charge in [0, 0.05) is 18.1 Å². The zero-order valence-electron chi connectivity index (χ0n) is 14.2. The van der Waals surface area contributed by atoms with Crippen LogP contribution in [0.1, 0.15) is 64.7 Å². The summed E-state index contributed by atoms with van der Waals surface area (Å²) in [5, 5.41) is 10.4. The van der Waals surface area contributed by atoms with Gasteiger partial charge in [-0.25, -0.2) is 4.79 Å². The summed E-state index contributed by atoms with van der Waals surface area (Å²) in [5.41, 5.74) is -0.105. The van der Waals surface area contributed by atoms with E-state index in [0.717, 1.165) is 18.8 Å². The summed E-state index contributed by atoms with van der Waals surface area (Å²) in [6.07, 6.45) is 10.5. The first-order valence-electron chi connectivity index (χ1n) is 8.73. The van der Waals surface area contributed by atoms with E-state index < -0.39 is 12.1 Å². The third-order valence-electron chi connectivity index (χ3n) is 4.98. The van der Waals surface area contributed by atoms with Gasteiger partial charge in [0.1, 0.15) is 5.57 Å². The Morgan fingerprint density at radius 3 is 2.70 bits per heavy atom. The number of cyclic esters (lactones) is 1. The van der Waals surface area contributed by atoms with E-state index in [1.165, 1.54) is 32.1 Å². The number of rotatable bonds is 8. The van der Waals surface area contributed by atoms with E-state index in [9.17, 15) is 14.7 Å². The Hall–Kier alpha value is -0.970. The van der Waals surface area contributed by atoms with Gasteiger partial charge in [-0.2, -0.15) is 11.8 Å². The highest BCUT2D eigenvalue weighted by Crippen LogP contribution is 2.30. The van der Waals surface area contributed by atoms with E-state index in [1.54, 1.807) is 11.8 Å². The Bertz CT molecular complexity index is 466. The maximum atomic E-state index is 12.3. The van der Waals surface area contributed by atoms with Crippen molar-refractivity contribution in [1.82, 2.24) is 0 Å². The molecule has 1 fully saturated rings. The highest BCUT2D eigenvalue weighted by atomic mass is 32.2. The average Bonchev–Trinajstić information content (AvgIpc) is 2.82. The molecule has 1 aliphatic carbocycles. The molecule has 2 rings (SSSR count). The minimum Gasteiger partial charge on any atom is -0.507 e. The smallest absolute Gasteiger partial charge is 0.346 e. The third-order valence-corrected chi connectivity index (χ3v) is 5.98. The van der Waals surface area contributed by atoms with E-state index in [2.05, 4.69) is 0 Å². The third kappa shape index (κ3) is 5.00. The van der Waals surface area contributed by atoms with E-state index >= 15 is 0 Å². The SMILES string of the molecule is CSC(C)CC1OC(=O)C(C(=O)CCCC2CCCCC2)=C1O. The Morgan fingerprint density at radius 1 is 1.35 bits per heavy atom. The molecule has 0 bridgehead atoms. The van der Waals surface area contributed by atoms with Gasteiger partial charge in [0.2, 0.25) is 0 Å². The van der Waals surface area contributed by atoms with Gasteiger partial charge < -0.3 is 9.84 Å². The lowest BCUT2D eigenvalue weighted by atomic mass is 9.85. The van der Waals surface area contributed by atoms with Crippen LogP contribution in [0.5, 0.6) is 0 Å². The van der Waals surface area contributed by atoms with E-state index in [-0.39, 0.29) is 22.4 Å². The van der Waals surface area contributed by atoms with Gasteiger partial charge in [0.15, 0.2) is 17.6 Å². The number of thioether (sulfide) groups is 1. The second kappa shape index (κ2) is 8.76. The molecule has 0 amide bonds. The fourth-order valence-corrected chi connectivity index (χ4v) is 3.84. The van der Waals surface area contributed by atoms with Crippen molar-refractivity contribution in [3.63, 3.8) is 0 Å². The van der Waals surface area contributed by atoms with Gasteiger partial charge in [0.25, 0.3) is 0 Å². The highest BCUT2D eigenvalue weighted by Gasteiger charge is 2.38. The van der Waals surface area contributed by atoms with Crippen molar-refractivity contribution in [1.29, 1.82) is 0 Å². The van der Waals surface area contributed by atoms with Crippen LogP contribution in [0.4, 0.5) is 0 Å². The first-order chi connectivity index (χ1) is 11.0. The molecule has 1 aliphatic heterocycles. The number of carbonyl (C=O) groups is 2. The molecule has 4 nitrogen and oxygen atoms in total. The van der Waals surface area contributed by atoms with Crippen molar-refractivity contribution >= 4 is 23.5 Å². The number of ketones is 1. The Kier molecular flexibility index (Phi) is 7.00. The van der Waals surface area contributed by atoms with Crippen LogP contribution in [-0.2, 0) is 14.3 Å². The molecule has 23 heavy (non-hydrogen) atoms. The van der Waals surface area contributed by atoms with Crippen molar-refractivity contribution in [2.45, 2.75) is 76.1 Å². The maximum Gasteiger partial charge on any atom is 0.346 e. The summed E-state index contributed by atoms with van der Waals surface area (Å²) < 4.78 is 5.18. The van der Waals surface area contributed by atoms with Crippen molar-refractivity contribution in [2.75, 3.05) is 6.26 Å². The van der Waals surface area contributed by atoms with Crippen LogP contribution < -0.4 is 0 Å². The Labute approximate surface area is 143 Å². The van der Waals surface area contributed by atoms with Gasteiger partial charge in [-0.1, -0.05) is 45.4 Å². The van der Waals surface area contributed by atoms with Crippen molar-refractivity contribution < 1.29 is 19.4 Å². The van der Waals surface area contributed by atoms with Gasteiger partial charge >= 0.3 is 5.97 Å². The lowest BCUT2D eigenvalue weighted by molar-refractivity contribution is -0.141. The summed E-state index contributed by atoms with van der Waals surface area (Å²) in [7, 11) is 0. The molecule has 130 valence electrons. The first-order valence-corrected chi connectivity index (χ1v) is 10.0. The minimum atomic E-state index is -0.651. The molecular formula is C18H28O4S. The molecule has 0 radical (unpaired) electrons. The Morgan fingerprint density at radius 2 is 2.04 bits per heavy atom. The quantitative estimate of drug-likeness (QED) is 0.530. The Balaban J connectivity index is 1.85. The number of esters is 1. The highest BCUT2D eigenvalue weighted by molar-refractivity contribution is 7.99. The van der Waals surface area contributed by atoms with Gasteiger partial charge in [0.05, 0.1) is 0 Å². The molecule has 1 heterocycles. The lowest BCUT2D eigenvalue weighted by Gasteiger charge is -2.20. The molecule has 0 aromatic rings. The molecule has 2 aliphatic rings. The molecular weight excluding hydrogens is 312 g/mol. The standard InChI is InChI=1S/C18H28O4S/c1-12(23-2)11-15-17(20)16(18(21)22-15)14(19)10-6-9-13-7-4-3-5-8-13/h12-13,15,20H,3-11H2,1-2H3. The maximum absolute atomic E-state index is 12.3. The lowest BCUT2D eigenvalue weighted by Crippen LogP contribution is -2.16. The molecule has 0 aromatic heterocycles. The van der Waals surface area contributed by atoms with E-state index in [1.807, 2.05) is 13.2 Å². The van der Waals surface area contributed by atoms with Crippen LogP contribution in [-0.4, -0.2) is 34.5 Å². The largest absolute Gasteiger partial charge is 0.507 e. The van der Waals surface area contributed by atoms with Crippen molar-refractivity contribution in [3.05, 3.63) is 11.3 Å². The topological polar surface area (TPSA) is 63.6 Å². The summed E-state index contributed by atoms with van der Waals surface area (Å²) in [6, 6.07) is 0. The molecule has 0 saturated heterocycles. The zero-order chi connectivity index (χ0) is 16.8. The number of hydrogen-bond acceptors (Lipinski definition) is 5. The number of aliphatic hydroxyl groups is 1. The molecule has 1 N–H and O–H groups in total. The number of Topliss-reactive ketones (excluding diaryl/α,β-unsaturated/α-hetero) is 1. The van der Waals surface area contributed by atoms with Gasteiger partial charge in [-0.15, -0.1) is 0 Å². The second-order valence-corrected chi connectivity index (χ2v) is 8.03. The van der Waals surface area contributed by atoms with E-state index in [0.29, 0.717) is 12.8 Å². The van der Waals surface area contributed by atoms with Crippen LogP contribution >= 0.6 is 11.8 Å². The van der Waals surface area contributed by atoms with Crippen LogP contribution in [0, 0.1) is 5.92 Å². The summed E-state index contributed by atoms with van der Waals surface area (Å²) in [6.45, 7) is 2.01. The molecule has 5 heteroatoms. The minimum absolute atomic E-state index is 0.105. The summed E-state index contributed by atoms with van der Waals surface area (Å²) >= 11 is 1.64. The number of hydrogen-bond donors (Lipinski definition) is 1. The van der Waals surface area contributed by atoms with Crippen LogP contribution in [0.15, 0.2) is 11.3 Å². The summed E-state index contributed by atoms with van der Waals surface area (Å²) in [5.74, 6) is -0.338. The van der Waals surface area contributed by atoms with Crippen molar-refractivity contribution in [3.8, 4) is 0 Å². The second-order valence-electron chi connectivity index (χ2n) is 6.76.